The number of hydrogen-bond acceptors (Lipinski definition) is 9. The highest BCUT2D eigenvalue weighted by Gasteiger charge is 2.21. The van der Waals surface area contributed by atoms with E-state index < -0.39 is 0 Å². The maximum absolute atomic E-state index is 12.1. The van der Waals surface area contributed by atoms with Crippen molar-refractivity contribution >= 4 is 34.7 Å². The number of likely N-dealkylation sites (N-methyl/N-ethyl adjacent to an activating group) is 2. The number of rotatable bonds is 12. The Bertz CT molecular complexity index is 1010. The van der Waals surface area contributed by atoms with Crippen LogP contribution in [0.15, 0.2) is 31.0 Å². The van der Waals surface area contributed by atoms with Gasteiger partial charge in [0.25, 0.3) is 0 Å². The molecule has 3 rings (SSSR count). The van der Waals surface area contributed by atoms with Crippen molar-refractivity contribution in [1.82, 2.24) is 14.9 Å². The second kappa shape index (κ2) is 11.6. The maximum atomic E-state index is 12.1. The molecule has 0 spiro atoms. The van der Waals surface area contributed by atoms with E-state index in [2.05, 4.69) is 42.3 Å². The van der Waals surface area contributed by atoms with Crippen molar-refractivity contribution in [2.24, 2.45) is 0 Å². The summed E-state index contributed by atoms with van der Waals surface area (Å²) in [6.45, 7) is 5.18. The van der Waals surface area contributed by atoms with Crippen LogP contribution in [0.2, 0.25) is 0 Å². The van der Waals surface area contributed by atoms with E-state index in [-0.39, 0.29) is 5.91 Å². The molecule has 3 N–H and O–H groups in total. The normalized spacial score (nSPS) is 13.1. The lowest BCUT2D eigenvalue weighted by molar-refractivity contribution is -0.111. The van der Waals surface area contributed by atoms with Gasteiger partial charge in [0.05, 0.1) is 37.5 Å². The summed E-state index contributed by atoms with van der Waals surface area (Å²) in [4.78, 5) is 25.3. The van der Waals surface area contributed by atoms with Gasteiger partial charge in [-0.1, -0.05) is 6.58 Å². The lowest BCUT2D eigenvalue weighted by atomic mass is 9.93. The number of carbonyl (C=O) groups excluding carboxylic acids is 1. The van der Waals surface area contributed by atoms with E-state index in [1.165, 1.54) is 12.5 Å². The number of nitrogens with one attached hydrogen (secondary N) is 3. The Kier molecular flexibility index (Phi) is 8.53. The minimum atomic E-state index is -0.300. The number of methoxy groups -OCH3 is 2. The first-order valence-electron chi connectivity index (χ1n) is 11.3. The van der Waals surface area contributed by atoms with Crippen LogP contribution in [0, 0.1) is 0 Å². The van der Waals surface area contributed by atoms with Crippen LogP contribution in [-0.4, -0.2) is 75.3 Å². The Morgan fingerprint density at radius 1 is 1.15 bits per heavy atom. The average Bonchev–Trinajstić information content (AvgIpc) is 2.80. The summed E-state index contributed by atoms with van der Waals surface area (Å²) in [7, 11) is 9.21. The third kappa shape index (κ3) is 6.28. The Morgan fingerprint density at radius 2 is 1.88 bits per heavy atom. The number of aromatic nitrogens is 2. The van der Waals surface area contributed by atoms with Gasteiger partial charge in [-0.25, -0.2) is 4.98 Å². The van der Waals surface area contributed by atoms with E-state index in [1.807, 2.05) is 33.3 Å². The summed E-state index contributed by atoms with van der Waals surface area (Å²) in [6, 6.07) is 4.09. The fourth-order valence-corrected chi connectivity index (χ4v) is 3.46. The molecule has 0 saturated heterocycles. The molecule has 1 aliphatic carbocycles. The van der Waals surface area contributed by atoms with Crippen LogP contribution in [0.4, 0.5) is 28.8 Å². The van der Waals surface area contributed by atoms with Gasteiger partial charge in [0, 0.05) is 32.2 Å². The summed E-state index contributed by atoms with van der Waals surface area (Å²) < 4.78 is 11.1. The Labute approximate surface area is 201 Å². The lowest BCUT2D eigenvalue weighted by Crippen LogP contribution is -2.29. The molecular weight excluding hydrogens is 434 g/mol. The number of anilines is 5. The Hall–Kier alpha value is -3.53. The number of benzene rings is 1. The molecule has 2 aromatic rings. The van der Waals surface area contributed by atoms with Crippen molar-refractivity contribution in [3.8, 4) is 11.5 Å². The summed E-state index contributed by atoms with van der Waals surface area (Å²) in [5.74, 6) is 1.91. The molecule has 1 fully saturated rings. The summed E-state index contributed by atoms with van der Waals surface area (Å²) in [5.41, 5.74) is 2.06. The van der Waals surface area contributed by atoms with Crippen molar-refractivity contribution in [2.45, 2.75) is 25.3 Å². The van der Waals surface area contributed by atoms with Crippen LogP contribution in [0.5, 0.6) is 11.5 Å². The van der Waals surface area contributed by atoms with Crippen LogP contribution in [0.25, 0.3) is 0 Å². The predicted molar refractivity (Wildman–Crippen MR) is 137 cm³/mol. The number of carbonyl (C=O) groups is 1. The first kappa shape index (κ1) is 25.1. The van der Waals surface area contributed by atoms with Crippen LogP contribution in [0.1, 0.15) is 19.3 Å². The molecule has 10 heteroatoms. The van der Waals surface area contributed by atoms with Gasteiger partial charge in [-0.3, -0.25) is 4.79 Å². The zero-order chi connectivity index (χ0) is 24.7. The Balaban J connectivity index is 1.93. The molecule has 1 aromatic carbocycles. The highest BCUT2D eigenvalue weighted by molar-refractivity contribution is 6.02. The topological polar surface area (TPSA) is 104 Å². The molecule has 1 heterocycles. The van der Waals surface area contributed by atoms with E-state index >= 15 is 0 Å². The van der Waals surface area contributed by atoms with E-state index in [0.29, 0.717) is 40.7 Å². The second-order valence-electron chi connectivity index (χ2n) is 8.50. The third-order valence-corrected chi connectivity index (χ3v) is 5.72. The quantitative estimate of drug-likeness (QED) is 0.404. The van der Waals surface area contributed by atoms with Crippen LogP contribution >= 0.6 is 0 Å². The minimum Gasteiger partial charge on any atom is -0.494 e. The molecule has 0 aliphatic heterocycles. The van der Waals surface area contributed by atoms with Gasteiger partial charge in [-0.15, -0.1) is 0 Å². The first-order chi connectivity index (χ1) is 16.3. The molecule has 1 aromatic heterocycles. The van der Waals surface area contributed by atoms with Crippen molar-refractivity contribution in [3.63, 3.8) is 0 Å². The van der Waals surface area contributed by atoms with Crippen molar-refractivity contribution in [1.29, 1.82) is 0 Å². The van der Waals surface area contributed by atoms with Gasteiger partial charge in [-0.2, -0.15) is 4.98 Å². The minimum absolute atomic E-state index is 0.300. The van der Waals surface area contributed by atoms with Crippen LogP contribution in [-0.2, 0) is 4.79 Å². The molecule has 1 saturated carbocycles. The van der Waals surface area contributed by atoms with Crippen molar-refractivity contribution in [2.75, 3.05) is 69.3 Å². The summed E-state index contributed by atoms with van der Waals surface area (Å²) in [6.07, 6.45) is 6.30. The number of amides is 1. The van der Waals surface area contributed by atoms with E-state index in [0.717, 1.165) is 31.6 Å². The number of hydrogen-bond donors (Lipinski definition) is 3. The monoisotopic (exact) mass is 469 g/mol. The van der Waals surface area contributed by atoms with Crippen LogP contribution in [0.3, 0.4) is 0 Å². The van der Waals surface area contributed by atoms with E-state index in [4.69, 9.17) is 9.47 Å². The van der Waals surface area contributed by atoms with E-state index in [9.17, 15) is 4.79 Å². The summed E-state index contributed by atoms with van der Waals surface area (Å²) in [5, 5.41) is 9.54. The molecule has 0 radical (unpaired) electrons. The van der Waals surface area contributed by atoms with Gasteiger partial charge < -0.3 is 35.2 Å². The standard InChI is InChI=1S/C24H35N7O3/c1-7-22(32)27-17-13-18(20(33-5)14-19(17)31(4)12-11-30(2)3)28-24-25-15-21(34-6)23(29-24)26-16-9-8-10-16/h7,13-16H,1,8-12H2,2-6H3,(H,27,32)(H2,25,26,28,29). The zero-order valence-corrected chi connectivity index (χ0v) is 20.6. The maximum Gasteiger partial charge on any atom is 0.247 e. The predicted octanol–water partition coefficient (Wildman–Crippen LogP) is 3.32. The third-order valence-electron chi connectivity index (χ3n) is 5.72. The number of nitrogens with zero attached hydrogens (tertiary/aromatic N) is 4. The van der Waals surface area contributed by atoms with Crippen molar-refractivity contribution < 1.29 is 14.3 Å². The average molecular weight is 470 g/mol. The fraction of sp³-hybridized carbons (Fsp3) is 0.458. The molecule has 1 aliphatic rings. The SMILES string of the molecule is C=CC(=O)Nc1cc(Nc2ncc(OC)c(NC3CCC3)n2)c(OC)cc1N(C)CCN(C)C. The molecule has 0 unspecified atom stereocenters. The highest BCUT2D eigenvalue weighted by Crippen LogP contribution is 2.38. The van der Waals surface area contributed by atoms with Gasteiger partial charge in [0.2, 0.25) is 11.9 Å². The molecule has 1 amide bonds. The molecule has 184 valence electrons. The summed E-state index contributed by atoms with van der Waals surface area (Å²) >= 11 is 0. The zero-order valence-electron chi connectivity index (χ0n) is 20.6. The lowest BCUT2D eigenvalue weighted by Gasteiger charge is -2.27. The first-order valence-corrected chi connectivity index (χ1v) is 11.3. The fourth-order valence-electron chi connectivity index (χ4n) is 3.46. The highest BCUT2D eigenvalue weighted by atomic mass is 16.5. The molecular formula is C24H35N7O3. The van der Waals surface area contributed by atoms with Crippen LogP contribution < -0.4 is 30.3 Å². The molecule has 34 heavy (non-hydrogen) atoms. The van der Waals surface area contributed by atoms with Gasteiger partial charge >= 0.3 is 0 Å². The molecule has 0 atom stereocenters. The smallest absolute Gasteiger partial charge is 0.247 e. The molecule has 10 nitrogen and oxygen atoms in total. The largest absolute Gasteiger partial charge is 0.494 e. The van der Waals surface area contributed by atoms with Crippen molar-refractivity contribution in [3.05, 3.63) is 31.0 Å². The van der Waals surface area contributed by atoms with Gasteiger partial charge in [0.1, 0.15) is 5.75 Å². The van der Waals surface area contributed by atoms with Gasteiger partial charge in [-0.05, 0) is 45.5 Å². The second-order valence-corrected chi connectivity index (χ2v) is 8.50. The Morgan fingerprint density at radius 3 is 2.47 bits per heavy atom. The van der Waals surface area contributed by atoms with E-state index in [1.54, 1.807) is 20.4 Å². The van der Waals surface area contributed by atoms with Gasteiger partial charge in [0.15, 0.2) is 11.6 Å². The molecule has 0 bridgehead atoms. The number of ether oxygens (including phenoxy) is 2.